The smallest absolute Gasteiger partial charge is 0.165 e. The van der Waals surface area contributed by atoms with E-state index in [0.717, 1.165) is 46.5 Å². The fraction of sp³-hybridized carbons (Fsp3) is 0.281. The van der Waals surface area contributed by atoms with Gasteiger partial charge in [0.05, 0.1) is 11.3 Å². The number of hydrogen-bond acceptors (Lipinski definition) is 5. The van der Waals surface area contributed by atoms with Crippen LogP contribution in [0.3, 0.4) is 0 Å². The third kappa shape index (κ3) is 5.31. The Morgan fingerprint density at radius 2 is 1.50 bits per heavy atom. The minimum absolute atomic E-state index is 0.203. The Morgan fingerprint density at radius 1 is 0.816 bits per heavy atom. The van der Waals surface area contributed by atoms with Crippen molar-refractivity contribution in [2.24, 2.45) is 11.1 Å². The van der Waals surface area contributed by atoms with Crippen molar-refractivity contribution < 1.29 is 0 Å². The van der Waals surface area contributed by atoms with Gasteiger partial charge in [-0.25, -0.2) is 15.0 Å². The Hall–Kier alpha value is -4.03. The molecular weight excluding hydrogens is 468 g/mol. The maximum absolute atomic E-state index is 6.55. The van der Waals surface area contributed by atoms with Crippen LogP contribution in [0.25, 0.3) is 39.5 Å². The van der Waals surface area contributed by atoms with Crippen LogP contribution >= 0.6 is 0 Å². The second-order valence-corrected chi connectivity index (χ2v) is 11.7. The molecule has 3 aromatic heterocycles. The van der Waals surface area contributed by atoms with Crippen molar-refractivity contribution in [1.29, 1.82) is 0 Å². The number of fused-ring (bicyclic) bond motifs is 1. The van der Waals surface area contributed by atoms with E-state index in [9.17, 15) is 0 Å². The van der Waals surface area contributed by atoms with Crippen LogP contribution in [-0.4, -0.2) is 19.5 Å². The lowest BCUT2D eigenvalue weighted by Crippen LogP contribution is -2.43. The summed E-state index contributed by atoms with van der Waals surface area (Å²) in [6.45, 7) is 8.75. The van der Waals surface area contributed by atoms with Gasteiger partial charge in [-0.1, -0.05) is 70.2 Å². The SMILES string of the molecule is CC(C)(C)C.Nc1ncccc1-c1nc2ccc(-c3ccccc3)nc2n1-c1ccc(C2(N)CCC2)cc1. The summed E-state index contributed by atoms with van der Waals surface area (Å²) in [5.74, 6) is 1.15. The molecule has 1 fully saturated rings. The zero-order valence-electron chi connectivity index (χ0n) is 22.6. The van der Waals surface area contributed by atoms with E-state index in [1.807, 2.05) is 42.5 Å². The number of hydrogen-bond donors (Lipinski definition) is 2. The van der Waals surface area contributed by atoms with Crippen molar-refractivity contribution in [2.45, 2.75) is 52.5 Å². The zero-order valence-corrected chi connectivity index (χ0v) is 22.6. The number of nitrogen functional groups attached to an aromatic ring is 1. The van der Waals surface area contributed by atoms with Gasteiger partial charge in [0.1, 0.15) is 11.3 Å². The predicted molar refractivity (Wildman–Crippen MR) is 157 cm³/mol. The average molecular weight is 505 g/mol. The summed E-state index contributed by atoms with van der Waals surface area (Å²) in [4.78, 5) is 14.2. The van der Waals surface area contributed by atoms with Crippen LogP contribution in [0.4, 0.5) is 5.82 Å². The van der Waals surface area contributed by atoms with Gasteiger partial charge in [0.25, 0.3) is 0 Å². The summed E-state index contributed by atoms with van der Waals surface area (Å²) in [7, 11) is 0. The van der Waals surface area contributed by atoms with Crippen molar-refractivity contribution in [1.82, 2.24) is 19.5 Å². The van der Waals surface area contributed by atoms with Crippen molar-refractivity contribution in [2.75, 3.05) is 5.73 Å². The van der Waals surface area contributed by atoms with Gasteiger partial charge in [-0.15, -0.1) is 0 Å². The number of rotatable bonds is 4. The van der Waals surface area contributed by atoms with E-state index < -0.39 is 0 Å². The summed E-state index contributed by atoms with van der Waals surface area (Å²) >= 11 is 0. The van der Waals surface area contributed by atoms with Crippen molar-refractivity contribution in [3.63, 3.8) is 0 Å². The molecule has 6 nitrogen and oxygen atoms in total. The molecule has 0 unspecified atom stereocenters. The Morgan fingerprint density at radius 3 is 2.11 bits per heavy atom. The standard InChI is InChI=1S/C27H24N6.C5H12/c28-24-21(8-4-17-30-24)25-32-23-14-13-22(18-6-2-1-3-7-18)31-26(23)33(25)20-11-9-19(10-12-20)27(29)15-5-16-27;1-5(2,3)4/h1-4,6-14,17H,5,15-16,29H2,(H2,28,30);1-4H3. The van der Waals surface area contributed by atoms with Gasteiger partial charge in [0, 0.05) is 23.0 Å². The highest BCUT2D eigenvalue weighted by Gasteiger charge is 2.34. The van der Waals surface area contributed by atoms with Crippen LogP contribution in [0.1, 0.15) is 52.5 Å². The third-order valence-corrected chi connectivity index (χ3v) is 6.60. The summed E-state index contributed by atoms with van der Waals surface area (Å²) in [5, 5.41) is 0. The molecule has 194 valence electrons. The first-order valence-corrected chi connectivity index (χ1v) is 13.2. The highest BCUT2D eigenvalue weighted by atomic mass is 15.1. The predicted octanol–water partition coefficient (Wildman–Crippen LogP) is 7.12. The summed E-state index contributed by atoms with van der Waals surface area (Å²) < 4.78 is 2.06. The second kappa shape index (κ2) is 10.0. The molecular formula is C32H36N6. The van der Waals surface area contributed by atoms with Crippen LogP contribution in [0.15, 0.2) is 85.1 Å². The molecule has 4 N–H and O–H groups in total. The van der Waals surface area contributed by atoms with E-state index in [1.54, 1.807) is 6.20 Å². The zero-order chi connectivity index (χ0) is 26.9. The van der Waals surface area contributed by atoms with Gasteiger partial charge >= 0.3 is 0 Å². The lowest BCUT2D eigenvalue weighted by Gasteiger charge is -2.38. The number of anilines is 1. The van der Waals surface area contributed by atoms with Crippen LogP contribution in [0.2, 0.25) is 0 Å². The normalized spacial score (nSPS) is 14.4. The third-order valence-electron chi connectivity index (χ3n) is 6.60. The van der Waals surface area contributed by atoms with Crippen LogP contribution < -0.4 is 11.5 Å². The van der Waals surface area contributed by atoms with Gasteiger partial charge in [-0.2, -0.15) is 0 Å². The number of imidazole rings is 1. The minimum Gasteiger partial charge on any atom is -0.383 e. The molecule has 6 heteroatoms. The van der Waals surface area contributed by atoms with E-state index in [-0.39, 0.29) is 5.54 Å². The maximum Gasteiger partial charge on any atom is 0.165 e. The number of benzene rings is 2. The number of aromatic nitrogens is 4. The number of nitrogens with zero attached hydrogens (tertiary/aromatic N) is 4. The van der Waals surface area contributed by atoms with E-state index in [4.69, 9.17) is 21.4 Å². The first-order chi connectivity index (χ1) is 18.1. The maximum atomic E-state index is 6.55. The highest BCUT2D eigenvalue weighted by Crippen LogP contribution is 2.39. The van der Waals surface area contributed by atoms with Gasteiger partial charge < -0.3 is 11.5 Å². The number of pyridine rings is 2. The molecule has 0 bridgehead atoms. The monoisotopic (exact) mass is 504 g/mol. The molecule has 1 aliphatic carbocycles. The van der Waals surface area contributed by atoms with Crippen LogP contribution in [-0.2, 0) is 5.54 Å². The summed E-state index contributed by atoms with van der Waals surface area (Å²) in [5.41, 5.74) is 19.5. The largest absolute Gasteiger partial charge is 0.383 e. The van der Waals surface area contributed by atoms with Crippen molar-refractivity contribution in [3.05, 3.63) is 90.6 Å². The van der Waals surface area contributed by atoms with E-state index >= 15 is 0 Å². The molecule has 0 amide bonds. The van der Waals surface area contributed by atoms with Crippen LogP contribution in [0.5, 0.6) is 0 Å². The average Bonchev–Trinajstić information content (AvgIpc) is 3.26. The molecule has 5 aromatic rings. The Bertz CT molecular complexity index is 1540. The summed E-state index contributed by atoms with van der Waals surface area (Å²) in [6.07, 6.45) is 4.92. The quantitative estimate of drug-likeness (QED) is 0.272. The topological polar surface area (TPSA) is 95.6 Å². The Balaban J connectivity index is 0.000000540. The fourth-order valence-electron chi connectivity index (χ4n) is 4.55. The van der Waals surface area contributed by atoms with Gasteiger partial charge in [-0.3, -0.25) is 4.57 Å². The van der Waals surface area contributed by atoms with E-state index in [0.29, 0.717) is 17.1 Å². The molecule has 1 saturated carbocycles. The Labute approximate surface area is 224 Å². The van der Waals surface area contributed by atoms with E-state index in [2.05, 4.69) is 73.6 Å². The molecule has 0 aliphatic heterocycles. The van der Waals surface area contributed by atoms with Gasteiger partial charge in [0.2, 0.25) is 0 Å². The minimum atomic E-state index is -0.203. The molecule has 1 aliphatic rings. The van der Waals surface area contributed by atoms with E-state index in [1.165, 1.54) is 12.0 Å². The molecule has 0 atom stereocenters. The molecule has 0 saturated heterocycles. The molecule has 2 aromatic carbocycles. The van der Waals surface area contributed by atoms with Crippen molar-refractivity contribution >= 4 is 17.0 Å². The van der Waals surface area contributed by atoms with Crippen LogP contribution in [0, 0.1) is 5.41 Å². The highest BCUT2D eigenvalue weighted by molar-refractivity contribution is 5.84. The molecule has 0 radical (unpaired) electrons. The lowest BCUT2D eigenvalue weighted by molar-refractivity contribution is 0.253. The second-order valence-electron chi connectivity index (χ2n) is 11.7. The summed E-state index contributed by atoms with van der Waals surface area (Å²) in [6, 6.07) is 26.4. The molecule has 38 heavy (non-hydrogen) atoms. The van der Waals surface area contributed by atoms with Crippen molar-refractivity contribution in [3.8, 4) is 28.3 Å². The molecule has 6 rings (SSSR count). The number of nitrogens with two attached hydrogens (primary N) is 2. The fourth-order valence-corrected chi connectivity index (χ4v) is 4.55. The first-order valence-electron chi connectivity index (χ1n) is 13.2. The molecule has 3 heterocycles. The Kier molecular flexibility index (Phi) is 6.76. The van der Waals surface area contributed by atoms with Gasteiger partial charge in [0.15, 0.2) is 11.5 Å². The van der Waals surface area contributed by atoms with Gasteiger partial charge in [-0.05, 0) is 66.6 Å². The first kappa shape index (κ1) is 25.6. The molecule has 0 spiro atoms. The lowest BCUT2D eigenvalue weighted by atomic mass is 9.73.